The van der Waals surface area contributed by atoms with E-state index in [0.29, 0.717) is 55.7 Å². The van der Waals surface area contributed by atoms with Gasteiger partial charge in [-0.25, -0.2) is 21.1 Å². The molecule has 0 aromatic carbocycles. The number of alkyl halides is 3. The topological polar surface area (TPSA) is 111 Å². The molecule has 29 heavy (non-hydrogen) atoms. The molecular formula is C14H27F3IN5O4S2. The highest BCUT2D eigenvalue weighted by molar-refractivity contribution is 14.0. The van der Waals surface area contributed by atoms with Gasteiger partial charge in [0.1, 0.15) is 0 Å². The molecule has 0 atom stereocenters. The molecule has 9 nitrogen and oxygen atoms in total. The Morgan fingerprint density at radius 2 is 1.79 bits per heavy atom. The number of guanidine groups is 1. The fraction of sp³-hybridized carbons (Fsp3) is 0.929. The number of piperidine rings is 1. The zero-order valence-electron chi connectivity index (χ0n) is 16.0. The Bertz CT molecular complexity index is 769. The molecular weight excluding hydrogens is 550 g/mol. The minimum atomic E-state index is -5.27. The van der Waals surface area contributed by atoms with E-state index in [4.69, 9.17) is 0 Å². The summed E-state index contributed by atoms with van der Waals surface area (Å²) in [5, 5.41) is 6.05. The minimum Gasteiger partial charge on any atom is -0.356 e. The van der Waals surface area contributed by atoms with Crippen molar-refractivity contribution >= 4 is 50.0 Å². The van der Waals surface area contributed by atoms with Crippen molar-refractivity contribution in [3.8, 4) is 0 Å². The summed E-state index contributed by atoms with van der Waals surface area (Å²) in [4.78, 5) is 4.03. The van der Waals surface area contributed by atoms with E-state index in [1.165, 1.54) is 4.31 Å². The van der Waals surface area contributed by atoms with E-state index >= 15 is 0 Å². The second-order valence-corrected chi connectivity index (χ2v) is 10.8. The highest BCUT2D eigenvalue weighted by Crippen LogP contribution is 2.30. The fourth-order valence-corrected chi connectivity index (χ4v) is 5.72. The van der Waals surface area contributed by atoms with Gasteiger partial charge in [-0.15, -0.1) is 24.0 Å². The van der Waals surface area contributed by atoms with E-state index in [2.05, 4.69) is 15.6 Å². The first-order chi connectivity index (χ1) is 13.0. The number of hydrogen-bond donors (Lipinski definition) is 2. The van der Waals surface area contributed by atoms with Crippen LogP contribution in [0.15, 0.2) is 4.99 Å². The van der Waals surface area contributed by atoms with E-state index in [1.807, 2.05) is 0 Å². The summed E-state index contributed by atoms with van der Waals surface area (Å²) >= 11 is 0. The average Bonchev–Trinajstić information content (AvgIpc) is 2.95. The summed E-state index contributed by atoms with van der Waals surface area (Å²) in [6, 6.07) is 0. The van der Waals surface area contributed by atoms with Crippen LogP contribution in [0.1, 0.15) is 19.3 Å². The third-order valence-electron chi connectivity index (χ3n) is 4.84. The Labute approximate surface area is 186 Å². The van der Waals surface area contributed by atoms with Gasteiger partial charge in [-0.2, -0.15) is 17.5 Å². The molecule has 172 valence electrons. The van der Waals surface area contributed by atoms with Crippen molar-refractivity contribution in [2.75, 3.05) is 52.1 Å². The third-order valence-corrected chi connectivity index (χ3v) is 8.43. The van der Waals surface area contributed by atoms with Crippen LogP contribution in [0.2, 0.25) is 0 Å². The van der Waals surface area contributed by atoms with Crippen molar-refractivity contribution < 1.29 is 30.0 Å². The number of nitrogens with one attached hydrogen (secondary N) is 2. The molecule has 0 aromatic rings. The quantitative estimate of drug-likeness (QED) is 0.268. The Hall–Kier alpha value is -0.390. The molecule has 2 heterocycles. The molecule has 0 spiro atoms. The summed E-state index contributed by atoms with van der Waals surface area (Å²) < 4.78 is 85.9. The van der Waals surface area contributed by atoms with Gasteiger partial charge in [0.2, 0.25) is 10.0 Å². The van der Waals surface area contributed by atoms with Crippen molar-refractivity contribution in [3.63, 3.8) is 0 Å². The Morgan fingerprint density at radius 3 is 2.28 bits per heavy atom. The molecule has 2 saturated heterocycles. The van der Waals surface area contributed by atoms with Crippen molar-refractivity contribution in [2.24, 2.45) is 10.9 Å². The molecule has 0 amide bonds. The molecule has 0 unspecified atom stereocenters. The molecule has 0 saturated carbocycles. The summed E-state index contributed by atoms with van der Waals surface area (Å²) in [6.45, 7) is 1.30. The summed E-state index contributed by atoms with van der Waals surface area (Å²) in [5.41, 5.74) is -5.27. The third kappa shape index (κ3) is 7.07. The Balaban J connectivity index is 0.00000420. The average molecular weight is 577 g/mol. The fourth-order valence-electron chi connectivity index (χ4n) is 3.20. The van der Waals surface area contributed by atoms with E-state index < -0.39 is 25.6 Å². The normalized spacial score (nSPS) is 22.3. The van der Waals surface area contributed by atoms with E-state index in [9.17, 15) is 30.0 Å². The summed E-state index contributed by atoms with van der Waals surface area (Å²) in [5.74, 6) is 0.641. The van der Waals surface area contributed by atoms with E-state index in [1.54, 1.807) is 7.05 Å². The van der Waals surface area contributed by atoms with Gasteiger partial charge < -0.3 is 10.6 Å². The highest BCUT2D eigenvalue weighted by atomic mass is 127. The molecule has 2 fully saturated rings. The lowest BCUT2D eigenvalue weighted by Gasteiger charge is -2.31. The van der Waals surface area contributed by atoms with Gasteiger partial charge >= 0.3 is 15.5 Å². The van der Waals surface area contributed by atoms with Crippen LogP contribution in [0.3, 0.4) is 0 Å². The van der Waals surface area contributed by atoms with Crippen LogP contribution in [-0.2, 0) is 20.0 Å². The van der Waals surface area contributed by atoms with Gasteiger partial charge in [-0.3, -0.25) is 4.99 Å². The minimum absolute atomic E-state index is 0. The lowest BCUT2D eigenvalue weighted by molar-refractivity contribution is -0.0496. The first-order valence-electron chi connectivity index (χ1n) is 8.96. The van der Waals surface area contributed by atoms with Crippen LogP contribution in [0, 0.1) is 5.92 Å². The number of sulfonamides is 2. The first-order valence-corrected chi connectivity index (χ1v) is 12.0. The van der Waals surface area contributed by atoms with Gasteiger partial charge in [-0.1, -0.05) is 0 Å². The smallest absolute Gasteiger partial charge is 0.356 e. The van der Waals surface area contributed by atoms with Crippen LogP contribution in [0.4, 0.5) is 13.2 Å². The molecule has 0 bridgehead atoms. The standard InChI is InChI=1S/C14H26F3N5O4S2.HI/c1-18-13(19-5-9-21-6-2-10-27(21,23)24)20-11-12-3-7-22(8-4-12)28(25,26)14(15,16)17;/h12H,2-11H2,1H3,(H2,18,19,20);1H. The van der Waals surface area contributed by atoms with Gasteiger partial charge in [0.05, 0.1) is 5.75 Å². The van der Waals surface area contributed by atoms with E-state index in [0.717, 1.165) is 0 Å². The maximum absolute atomic E-state index is 12.6. The van der Waals surface area contributed by atoms with Crippen LogP contribution in [-0.4, -0.2) is 89.0 Å². The zero-order valence-corrected chi connectivity index (χ0v) is 19.9. The second kappa shape index (κ2) is 10.8. The first kappa shape index (κ1) is 26.6. The van der Waals surface area contributed by atoms with Gasteiger partial charge in [0.15, 0.2) is 5.96 Å². The van der Waals surface area contributed by atoms with E-state index in [-0.39, 0.29) is 48.7 Å². The number of nitrogens with zero attached hydrogens (tertiary/aromatic N) is 3. The molecule has 2 rings (SSSR count). The maximum atomic E-state index is 12.6. The number of halogens is 4. The second-order valence-electron chi connectivity index (χ2n) is 6.74. The predicted molar refractivity (Wildman–Crippen MR) is 114 cm³/mol. The maximum Gasteiger partial charge on any atom is 0.511 e. The molecule has 2 aliphatic heterocycles. The SMILES string of the molecule is CN=C(NCCN1CCCS1(=O)=O)NCC1CCN(S(=O)(=O)C(F)(F)F)CC1.I. The monoisotopic (exact) mass is 577 g/mol. The van der Waals surface area contributed by atoms with Gasteiger partial charge in [0.25, 0.3) is 0 Å². The van der Waals surface area contributed by atoms with Crippen molar-refractivity contribution in [3.05, 3.63) is 0 Å². The predicted octanol–water partition coefficient (Wildman–Crippen LogP) is 0.367. The summed E-state index contributed by atoms with van der Waals surface area (Å²) in [7, 11) is -6.86. The van der Waals surface area contributed by atoms with Gasteiger partial charge in [0, 0.05) is 46.3 Å². The summed E-state index contributed by atoms with van der Waals surface area (Å²) in [6.07, 6.45) is 1.24. The Morgan fingerprint density at radius 1 is 1.17 bits per heavy atom. The molecule has 2 aliphatic rings. The van der Waals surface area contributed by atoms with Crippen LogP contribution < -0.4 is 10.6 Å². The van der Waals surface area contributed by atoms with Crippen molar-refractivity contribution in [1.82, 2.24) is 19.2 Å². The molecule has 0 radical (unpaired) electrons. The molecule has 2 N–H and O–H groups in total. The molecule has 0 aliphatic carbocycles. The number of rotatable bonds is 6. The Kier molecular flexibility index (Phi) is 9.89. The number of hydrogen-bond acceptors (Lipinski definition) is 5. The van der Waals surface area contributed by atoms with Gasteiger partial charge in [-0.05, 0) is 25.2 Å². The van der Waals surface area contributed by atoms with Crippen molar-refractivity contribution in [1.29, 1.82) is 0 Å². The van der Waals surface area contributed by atoms with Crippen molar-refractivity contribution in [2.45, 2.75) is 24.8 Å². The zero-order chi connectivity index (χ0) is 21.0. The van der Waals surface area contributed by atoms with Crippen LogP contribution >= 0.6 is 24.0 Å². The lowest BCUT2D eigenvalue weighted by atomic mass is 9.98. The highest BCUT2D eigenvalue weighted by Gasteiger charge is 2.50. The lowest BCUT2D eigenvalue weighted by Crippen LogP contribution is -2.47. The largest absolute Gasteiger partial charge is 0.511 e. The molecule has 0 aromatic heterocycles. The van der Waals surface area contributed by atoms with Crippen LogP contribution in [0.25, 0.3) is 0 Å². The number of aliphatic imine (C=N–C) groups is 1. The van der Waals surface area contributed by atoms with Crippen LogP contribution in [0.5, 0.6) is 0 Å². The molecule has 15 heteroatoms.